The van der Waals surface area contributed by atoms with Crippen LogP contribution in [0, 0.1) is 5.92 Å². The van der Waals surface area contributed by atoms with Crippen LogP contribution in [-0.2, 0) is 16.0 Å². The lowest BCUT2D eigenvalue weighted by Crippen LogP contribution is -2.47. The van der Waals surface area contributed by atoms with E-state index in [4.69, 9.17) is 10.5 Å². The molecule has 0 radical (unpaired) electrons. The van der Waals surface area contributed by atoms with Gasteiger partial charge in [-0.15, -0.1) is 12.4 Å². The Morgan fingerprint density at radius 2 is 2.05 bits per heavy atom. The van der Waals surface area contributed by atoms with Gasteiger partial charge in [-0.25, -0.2) is 0 Å². The average molecular weight is 390 g/mol. The standard InChI is InChI=1S/C16H21BrN2O2.ClH/c17-13-3-1-2-12-11(13)4-5-14(12)19-16(20)15(18)10-6-8-21-9-7-10;/h1-3,10,14-15H,4-9,18H2,(H,19,20);1H. The van der Waals surface area contributed by atoms with E-state index in [-0.39, 0.29) is 30.3 Å². The molecule has 3 rings (SSSR count). The third-order valence-electron chi connectivity index (χ3n) is 4.61. The molecule has 1 fully saturated rings. The molecule has 1 aliphatic carbocycles. The van der Waals surface area contributed by atoms with Crippen LogP contribution in [0.1, 0.15) is 36.4 Å². The molecule has 122 valence electrons. The predicted octanol–water partition coefficient (Wildman–Crippen LogP) is 2.73. The van der Waals surface area contributed by atoms with E-state index >= 15 is 0 Å². The van der Waals surface area contributed by atoms with Gasteiger partial charge in [0.2, 0.25) is 5.91 Å². The zero-order chi connectivity index (χ0) is 14.8. The number of halogens is 2. The lowest BCUT2D eigenvalue weighted by Gasteiger charge is -2.28. The summed E-state index contributed by atoms with van der Waals surface area (Å²) in [6.07, 6.45) is 3.70. The van der Waals surface area contributed by atoms with Crippen LogP contribution in [0.25, 0.3) is 0 Å². The first-order chi connectivity index (χ1) is 10.2. The van der Waals surface area contributed by atoms with Crippen molar-refractivity contribution >= 4 is 34.2 Å². The van der Waals surface area contributed by atoms with Gasteiger partial charge >= 0.3 is 0 Å². The zero-order valence-electron chi connectivity index (χ0n) is 12.4. The van der Waals surface area contributed by atoms with E-state index in [2.05, 4.69) is 33.4 Å². The average Bonchev–Trinajstić information content (AvgIpc) is 2.92. The molecule has 0 saturated carbocycles. The fraction of sp³-hybridized carbons (Fsp3) is 0.562. The van der Waals surface area contributed by atoms with Crippen LogP contribution < -0.4 is 11.1 Å². The van der Waals surface area contributed by atoms with Gasteiger partial charge in [0, 0.05) is 17.7 Å². The Morgan fingerprint density at radius 1 is 1.32 bits per heavy atom. The first kappa shape index (κ1) is 17.7. The van der Waals surface area contributed by atoms with Gasteiger partial charge < -0.3 is 15.8 Å². The fourth-order valence-electron chi connectivity index (χ4n) is 3.32. The summed E-state index contributed by atoms with van der Waals surface area (Å²) in [5.41, 5.74) is 8.67. The van der Waals surface area contributed by atoms with Crippen molar-refractivity contribution in [1.82, 2.24) is 5.32 Å². The van der Waals surface area contributed by atoms with Crippen molar-refractivity contribution in [2.24, 2.45) is 11.7 Å². The van der Waals surface area contributed by atoms with E-state index in [9.17, 15) is 4.79 Å². The summed E-state index contributed by atoms with van der Waals surface area (Å²) in [6, 6.07) is 5.83. The minimum Gasteiger partial charge on any atom is -0.381 e. The summed E-state index contributed by atoms with van der Waals surface area (Å²) in [7, 11) is 0. The van der Waals surface area contributed by atoms with Gasteiger partial charge in [0.05, 0.1) is 12.1 Å². The molecule has 2 unspecified atom stereocenters. The number of hydrogen-bond donors (Lipinski definition) is 2. The van der Waals surface area contributed by atoms with Crippen molar-refractivity contribution in [3.63, 3.8) is 0 Å². The van der Waals surface area contributed by atoms with Crippen molar-refractivity contribution in [2.75, 3.05) is 13.2 Å². The molecule has 0 aromatic heterocycles. The number of fused-ring (bicyclic) bond motifs is 1. The van der Waals surface area contributed by atoms with Crippen LogP contribution in [0.3, 0.4) is 0 Å². The Morgan fingerprint density at radius 3 is 2.77 bits per heavy atom. The second-order valence-electron chi connectivity index (χ2n) is 5.88. The molecule has 4 nitrogen and oxygen atoms in total. The Hall–Kier alpha value is -0.620. The van der Waals surface area contributed by atoms with E-state index in [0.717, 1.165) is 30.2 Å². The van der Waals surface area contributed by atoms with Crippen LogP contribution in [0.5, 0.6) is 0 Å². The van der Waals surface area contributed by atoms with E-state index < -0.39 is 6.04 Å². The highest BCUT2D eigenvalue weighted by atomic mass is 79.9. The molecule has 1 aromatic carbocycles. The molecule has 1 heterocycles. The van der Waals surface area contributed by atoms with Gasteiger partial charge in [0.25, 0.3) is 0 Å². The second-order valence-corrected chi connectivity index (χ2v) is 6.74. The summed E-state index contributed by atoms with van der Waals surface area (Å²) in [4.78, 5) is 12.4. The summed E-state index contributed by atoms with van der Waals surface area (Å²) in [5.74, 6) is 0.210. The van der Waals surface area contributed by atoms with Crippen molar-refractivity contribution in [2.45, 2.75) is 37.8 Å². The zero-order valence-corrected chi connectivity index (χ0v) is 14.8. The maximum Gasteiger partial charge on any atom is 0.237 e. The van der Waals surface area contributed by atoms with Crippen molar-refractivity contribution in [1.29, 1.82) is 0 Å². The maximum absolute atomic E-state index is 12.4. The highest BCUT2D eigenvalue weighted by Crippen LogP contribution is 2.35. The summed E-state index contributed by atoms with van der Waals surface area (Å²) >= 11 is 3.58. The van der Waals surface area contributed by atoms with Crippen LogP contribution in [0.4, 0.5) is 0 Å². The Balaban J connectivity index is 0.00000176. The number of ether oxygens (including phenoxy) is 1. The molecule has 2 aliphatic rings. The summed E-state index contributed by atoms with van der Waals surface area (Å²) < 4.78 is 6.46. The molecule has 1 amide bonds. The Bertz CT molecular complexity index is 535. The second kappa shape index (κ2) is 7.77. The number of nitrogens with two attached hydrogens (primary N) is 1. The van der Waals surface area contributed by atoms with Gasteiger partial charge in [-0.1, -0.05) is 28.1 Å². The SMILES string of the molecule is Cl.NC(C(=O)NC1CCc2c(Br)cccc21)C1CCOCC1. The third-order valence-corrected chi connectivity index (χ3v) is 5.35. The molecular formula is C16H22BrClN2O2. The highest BCUT2D eigenvalue weighted by Gasteiger charge is 2.30. The fourth-order valence-corrected chi connectivity index (χ4v) is 3.90. The lowest BCUT2D eigenvalue weighted by atomic mass is 9.91. The molecule has 1 aliphatic heterocycles. The van der Waals surface area contributed by atoms with Crippen molar-refractivity contribution < 1.29 is 9.53 Å². The number of carbonyl (C=O) groups is 1. The van der Waals surface area contributed by atoms with Gasteiger partial charge in [-0.05, 0) is 48.8 Å². The smallest absolute Gasteiger partial charge is 0.237 e. The molecule has 1 aromatic rings. The van der Waals surface area contributed by atoms with Gasteiger partial charge in [-0.3, -0.25) is 4.79 Å². The molecule has 2 atom stereocenters. The van der Waals surface area contributed by atoms with Crippen LogP contribution in [0.2, 0.25) is 0 Å². The number of hydrogen-bond acceptors (Lipinski definition) is 3. The van der Waals surface area contributed by atoms with Crippen LogP contribution in [-0.4, -0.2) is 25.2 Å². The number of rotatable bonds is 3. The summed E-state index contributed by atoms with van der Waals surface area (Å²) in [5, 5.41) is 3.13. The number of amides is 1. The van der Waals surface area contributed by atoms with E-state index in [0.29, 0.717) is 13.2 Å². The quantitative estimate of drug-likeness (QED) is 0.835. The minimum absolute atomic E-state index is 0. The highest BCUT2D eigenvalue weighted by molar-refractivity contribution is 9.10. The molecular weight excluding hydrogens is 368 g/mol. The molecule has 3 N–H and O–H groups in total. The largest absolute Gasteiger partial charge is 0.381 e. The van der Waals surface area contributed by atoms with Gasteiger partial charge in [0.15, 0.2) is 0 Å². The van der Waals surface area contributed by atoms with E-state index in [1.807, 2.05) is 6.07 Å². The first-order valence-corrected chi connectivity index (χ1v) is 8.37. The van der Waals surface area contributed by atoms with Crippen molar-refractivity contribution in [3.05, 3.63) is 33.8 Å². The number of carbonyl (C=O) groups excluding carboxylic acids is 1. The maximum atomic E-state index is 12.4. The monoisotopic (exact) mass is 388 g/mol. The van der Waals surface area contributed by atoms with E-state index in [1.54, 1.807) is 0 Å². The van der Waals surface area contributed by atoms with Gasteiger partial charge in [-0.2, -0.15) is 0 Å². The van der Waals surface area contributed by atoms with Crippen LogP contribution >= 0.6 is 28.3 Å². The molecule has 22 heavy (non-hydrogen) atoms. The topological polar surface area (TPSA) is 64.4 Å². The van der Waals surface area contributed by atoms with Crippen molar-refractivity contribution in [3.8, 4) is 0 Å². The van der Waals surface area contributed by atoms with E-state index in [1.165, 1.54) is 11.1 Å². The lowest BCUT2D eigenvalue weighted by molar-refractivity contribution is -0.125. The minimum atomic E-state index is -0.426. The predicted molar refractivity (Wildman–Crippen MR) is 92.1 cm³/mol. The molecule has 6 heteroatoms. The van der Waals surface area contributed by atoms with Gasteiger partial charge in [0.1, 0.15) is 0 Å². The summed E-state index contributed by atoms with van der Waals surface area (Å²) in [6.45, 7) is 1.43. The number of nitrogens with one attached hydrogen (secondary N) is 1. The third kappa shape index (κ3) is 3.65. The molecule has 0 spiro atoms. The molecule has 1 saturated heterocycles. The first-order valence-electron chi connectivity index (χ1n) is 7.58. The number of benzene rings is 1. The Kier molecular flexibility index (Phi) is 6.26. The molecule has 0 bridgehead atoms. The Labute approximate surface area is 145 Å². The normalized spacial score (nSPS) is 22.5. The van der Waals surface area contributed by atoms with Crippen LogP contribution in [0.15, 0.2) is 22.7 Å².